The van der Waals surface area contributed by atoms with Crippen LogP contribution in [0.1, 0.15) is 32.1 Å². The van der Waals surface area contributed by atoms with Gasteiger partial charge in [0.25, 0.3) is 0 Å². The summed E-state index contributed by atoms with van der Waals surface area (Å²) in [5.41, 5.74) is 0. The lowest BCUT2D eigenvalue weighted by Gasteiger charge is -2.26. The maximum absolute atomic E-state index is 11.4. The molecule has 0 atom stereocenters. The minimum Gasteiger partial charge on any atom is -0.316 e. The summed E-state index contributed by atoms with van der Waals surface area (Å²) in [5.74, 6) is 2.07. The van der Waals surface area contributed by atoms with E-state index in [1.807, 2.05) is 0 Å². The standard InChI is InChI=1S/C10H17NO/c12-10(4-3-8-1-2-8)5-9-6-11-7-9/h8-9,11H,1-7H2. The van der Waals surface area contributed by atoms with Crippen LogP contribution in [0.5, 0.6) is 0 Å². The summed E-state index contributed by atoms with van der Waals surface area (Å²) < 4.78 is 0. The number of hydrogen-bond acceptors (Lipinski definition) is 2. The fraction of sp³-hybridized carbons (Fsp3) is 0.900. The first-order valence-electron chi connectivity index (χ1n) is 5.07. The molecule has 1 aliphatic heterocycles. The van der Waals surface area contributed by atoms with E-state index in [2.05, 4.69) is 5.32 Å². The largest absolute Gasteiger partial charge is 0.316 e. The van der Waals surface area contributed by atoms with Gasteiger partial charge in [-0.25, -0.2) is 0 Å². The summed E-state index contributed by atoms with van der Waals surface area (Å²) in [4.78, 5) is 11.4. The molecule has 2 heteroatoms. The number of Topliss-reactive ketones (excluding diaryl/α,β-unsaturated/α-hetero) is 1. The van der Waals surface area contributed by atoms with Gasteiger partial charge in [0.05, 0.1) is 0 Å². The van der Waals surface area contributed by atoms with Gasteiger partial charge in [-0.2, -0.15) is 0 Å². The van der Waals surface area contributed by atoms with Gasteiger partial charge in [-0.1, -0.05) is 12.8 Å². The molecule has 1 saturated heterocycles. The highest BCUT2D eigenvalue weighted by molar-refractivity contribution is 5.78. The molecule has 0 amide bonds. The maximum atomic E-state index is 11.4. The molecule has 0 unspecified atom stereocenters. The molecule has 0 aromatic carbocycles. The molecule has 0 spiro atoms. The van der Waals surface area contributed by atoms with Crippen molar-refractivity contribution in [2.45, 2.75) is 32.1 Å². The summed E-state index contributed by atoms with van der Waals surface area (Å²) in [7, 11) is 0. The third-order valence-corrected chi connectivity index (χ3v) is 2.91. The Morgan fingerprint density at radius 3 is 2.50 bits per heavy atom. The molecule has 0 bridgehead atoms. The van der Waals surface area contributed by atoms with Crippen LogP contribution in [0, 0.1) is 11.8 Å². The van der Waals surface area contributed by atoms with Gasteiger partial charge in [0, 0.05) is 12.8 Å². The minimum atomic E-state index is 0.494. The summed E-state index contributed by atoms with van der Waals surface area (Å²) in [6, 6.07) is 0. The fourth-order valence-corrected chi connectivity index (χ4v) is 1.69. The molecule has 1 aliphatic carbocycles. The van der Waals surface area contributed by atoms with Crippen molar-refractivity contribution < 1.29 is 4.79 Å². The lowest BCUT2D eigenvalue weighted by molar-refractivity contribution is -0.120. The molecule has 68 valence electrons. The van der Waals surface area contributed by atoms with Gasteiger partial charge in [0.2, 0.25) is 0 Å². The van der Waals surface area contributed by atoms with Crippen LogP contribution >= 0.6 is 0 Å². The van der Waals surface area contributed by atoms with Gasteiger partial charge in [0.15, 0.2) is 0 Å². The molecular formula is C10H17NO. The van der Waals surface area contributed by atoms with E-state index >= 15 is 0 Å². The van der Waals surface area contributed by atoms with Crippen LogP contribution in [0.2, 0.25) is 0 Å². The monoisotopic (exact) mass is 167 g/mol. The van der Waals surface area contributed by atoms with E-state index in [0.717, 1.165) is 31.8 Å². The second-order valence-electron chi connectivity index (χ2n) is 4.25. The van der Waals surface area contributed by atoms with E-state index in [4.69, 9.17) is 0 Å². The molecule has 1 heterocycles. The average Bonchev–Trinajstić information content (AvgIpc) is 2.76. The van der Waals surface area contributed by atoms with Gasteiger partial charge in [0.1, 0.15) is 5.78 Å². The maximum Gasteiger partial charge on any atom is 0.133 e. The quantitative estimate of drug-likeness (QED) is 0.669. The zero-order valence-electron chi connectivity index (χ0n) is 7.51. The lowest BCUT2D eigenvalue weighted by atomic mass is 9.95. The summed E-state index contributed by atoms with van der Waals surface area (Å²) in [6.45, 7) is 2.13. The molecule has 0 radical (unpaired) electrons. The molecule has 0 aromatic heterocycles. The lowest BCUT2D eigenvalue weighted by Crippen LogP contribution is -2.42. The molecular weight excluding hydrogens is 150 g/mol. The zero-order valence-corrected chi connectivity index (χ0v) is 7.51. The van der Waals surface area contributed by atoms with Crippen LogP contribution in [0.25, 0.3) is 0 Å². The number of rotatable bonds is 5. The third kappa shape index (κ3) is 2.31. The highest BCUT2D eigenvalue weighted by Crippen LogP contribution is 2.33. The predicted octanol–water partition coefficient (Wildman–Crippen LogP) is 1.36. The molecule has 1 N–H and O–H groups in total. The van der Waals surface area contributed by atoms with Crippen LogP contribution in [0.4, 0.5) is 0 Å². The number of hydrogen-bond donors (Lipinski definition) is 1. The van der Waals surface area contributed by atoms with Crippen molar-refractivity contribution in [3.63, 3.8) is 0 Å². The Balaban J connectivity index is 1.56. The van der Waals surface area contributed by atoms with Crippen molar-refractivity contribution in [1.82, 2.24) is 5.32 Å². The molecule has 2 nitrogen and oxygen atoms in total. The summed E-state index contributed by atoms with van der Waals surface area (Å²) >= 11 is 0. The Morgan fingerprint density at radius 1 is 1.25 bits per heavy atom. The Bertz CT molecular complexity index is 171. The number of ketones is 1. The fourth-order valence-electron chi connectivity index (χ4n) is 1.69. The van der Waals surface area contributed by atoms with Crippen molar-refractivity contribution >= 4 is 5.78 Å². The zero-order chi connectivity index (χ0) is 8.39. The van der Waals surface area contributed by atoms with Gasteiger partial charge >= 0.3 is 0 Å². The Labute approximate surface area is 73.7 Å². The van der Waals surface area contributed by atoms with Crippen molar-refractivity contribution in [3.8, 4) is 0 Å². The average molecular weight is 167 g/mol. The van der Waals surface area contributed by atoms with E-state index in [0.29, 0.717) is 11.7 Å². The van der Waals surface area contributed by atoms with Crippen molar-refractivity contribution in [1.29, 1.82) is 0 Å². The van der Waals surface area contributed by atoms with Crippen LogP contribution in [0.15, 0.2) is 0 Å². The topological polar surface area (TPSA) is 29.1 Å². The first-order valence-corrected chi connectivity index (χ1v) is 5.07. The Kier molecular flexibility index (Phi) is 2.45. The molecule has 1 saturated carbocycles. The summed E-state index contributed by atoms with van der Waals surface area (Å²) in [5, 5.41) is 3.19. The van der Waals surface area contributed by atoms with Gasteiger partial charge in [-0.05, 0) is 31.3 Å². The molecule has 0 aromatic rings. The van der Waals surface area contributed by atoms with E-state index in [9.17, 15) is 4.79 Å². The Morgan fingerprint density at radius 2 is 2.00 bits per heavy atom. The normalized spacial score (nSPS) is 23.7. The highest BCUT2D eigenvalue weighted by atomic mass is 16.1. The van der Waals surface area contributed by atoms with E-state index < -0.39 is 0 Å². The summed E-state index contributed by atoms with van der Waals surface area (Å²) in [6.07, 6.45) is 5.59. The van der Waals surface area contributed by atoms with Crippen LogP contribution in [-0.4, -0.2) is 18.9 Å². The van der Waals surface area contributed by atoms with Crippen molar-refractivity contribution in [2.75, 3.05) is 13.1 Å². The first-order chi connectivity index (χ1) is 5.84. The van der Waals surface area contributed by atoms with Crippen molar-refractivity contribution in [2.24, 2.45) is 11.8 Å². The number of nitrogens with one attached hydrogen (secondary N) is 1. The van der Waals surface area contributed by atoms with E-state index in [1.54, 1.807) is 0 Å². The molecule has 2 fully saturated rings. The van der Waals surface area contributed by atoms with E-state index in [-0.39, 0.29) is 0 Å². The highest BCUT2D eigenvalue weighted by Gasteiger charge is 2.24. The van der Waals surface area contributed by atoms with Gasteiger partial charge < -0.3 is 5.32 Å². The second-order valence-corrected chi connectivity index (χ2v) is 4.25. The minimum absolute atomic E-state index is 0.494. The number of carbonyl (C=O) groups is 1. The van der Waals surface area contributed by atoms with Gasteiger partial charge in [-0.3, -0.25) is 4.79 Å². The second kappa shape index (κ2) is 3.56. The van der Waals surface area contributed by atoms with Crippen LogP contribution < -0.4 is 5.32 Å². The third-order valence-electron chi connectivity index (χ3n) is 2.91. The molecule has 2 rings (SSSR count). The predicted molar refractivity (Wildman–Crippen MR) is 47.9 cm³/mol. The van der Waals surface area contributed by atoms with Crippen LogP contribution in [-0.2, 0) is 4.79 Å². The van der Waals surface area contributed by atoms with Crippen molar-refractivity contribution in [3.05, 3.63) is 0 Å². The molecule has 12 heavy (non-hydrogen) atoms. The van der Waals surface area contributed by atoms with Gasteiger partial charge in [-0.15, -0.1) is 0 Å². The van der Waals surface area contributed by atoms with Crippen LogP contribution in [0.3, 0.4) is 0 Å². The number of carbonyl (C=O) groups excluding carboxylic acids is 1. The Hall–Kier alpha value is -0.370. The van der Waals surface area contributed by atoms with E-state index in [1.165, 1.54) is 19.3 Å². The SMILES string of the molecule is O=C(CCC1CC1)CC1CNC1. The molecule has 2 aliphatic rings. The first kappa shape index (κ1) is 8.24. The smallest absolute Gasteiger partial charge is 0.133 e.